The maximum absolute atomic E-state index is 13.2. The van der Waals surface area contributed by atoms with Crippen molar-refractivity contribution in [3.8, 4) is 5.75 Å². The molecular formula is C11H12BF5O2S. The molecule has 9 heteroatoms. The summed E-state index contributed by atoms with van der Waals surface area (Å²) < 4.78 is 94.7. The number of halogens is 5. The maximum atomic E-state index is 13.2. The highest BCUT2D eigenvalue weighted by Gasteiger charge is 2.26. The van der Waals surface area contributed by atoms with Gasteiger partial charge in [0.05, 0.1) is 6.61 Å². The zero-order valence-corrected chi connectivity index (χ0v) is 11.0. The van der Waals surface area contributed by atoms with E-state index in [4.69, 9.17) is 2.67 Å². The molecule has 0 fully saturated rings. The summed E-state index contributed by atoms with van der Waals surface area (Å²) in [5, 5.41) is 0. The molecule has 0 aliphatic carbocycles. The van der Waals surface area contributed by atoms with Crippen LogP contribution in [0.15, 0.2) is 0 Å². The minimum absolute atomic E-state index is 0.113. The van der Waals surface area contributed by atoms with Gasteiger partial charge in [-0.25, -0.2) is 13.2 Å². The molecule has 2 nitrogen and oxygen atoms in total. The van der Waals surface area contributed by atoms with Gasteiger partial charge in [-0.05, 0) is 21.2 Å². The fourth-order valence-electron chi connectivity index (χ4n) is 1.33. The lowest BCUT2D eigenvalue weighted by Gasteiger charge is -2.10. The lowest BCUT2D eigenvalue weighted by atomic mass is 10.2. The van der Waals surface area contributed by atoms with Crippen LogP contribution in [0.2, 0.25) is 0 Å². The zero-order valence-electron chi connectivity index (χ0n) is 12.2. The largest absolute Gasteiger partial charge is 0.487 e. The summed E-state index contributed by atoms with van der Waals surface area (Å²) in [4.78, 5) is 0. The van der Waals surface area contributed by atoms with E-state index >= 15 is 0 Å². The van der Waals surface area contributed by atoms with Crippen molar-refractivity contribution in [3.05, 3.63) is 29.1 Å². The molecule has 0 bridgehead atoms. The fraction of sp³-hybridized carbons (Fsp3) is 0.455. The first-order valence-electron chi connectivity index (χ1n) is 6.74. The van der Waals surface area contributed by atoms with Gasteiger partial charge in [0.15, 0.2) is 5.75 Å². The summed E-state index contributed by atoms with van der Waals surface area (Å²) >= 11 is 0. The van der Waals surface area contributed by atoms with Gasteiger partial charge in [-0.2, -0.15) is 8.78 Å². The van der Waals surface area contributed by atoms with Crippen molar-refractivity contribution in [2.75, 3.05) is 18.0 Å². The second-order valence-electron chi connectivity index (χ2n) is 3.77. The molecule has 0 aliphatic rings. The van der Waals surface area contributed by atoms with Crippen molar-refractivity contribution >= 4 is 18.6 Å². The average Bonchev–Trinajstić information content (AvgIpc) is 2.45. The van der Waals surface area contributed by atoms with Crippen LogP contribution in [0.5, 0.6) is 5.75 Å². The molecule has 1 aromatic rings. The van der Waals surface area contributed by atoms with Crippen LogP contribution in [-0.4, -0.2) is 32.7 Å². The van der Waals surface area contributed by atoms with Crippen molar-refractivity contribution in [1.29, 1.82) is 2.67 Å². The Hall–Kier alpha value is -1.12. The molecule has 0 saturated carbocycles. The summed E-state index contributed by atoms with van der Waals surface area (Å²) in [5.74, 6) is -11.7. The lowest BCUT2D eigenvalue weighted by Crippen LogP contribution is -2.09. The van der Waals surface area contributed by atoms with Gasteiger partial charge in [-0.15, -0.1) is 0 Å². The molecule has 1 atom stereocenters. The molecule has 0 N–H and O–H groups in total. The van der Waals surface area contributed by atoms with Crippen molar-refractivity contribution in [3.63, 3.8) is 0 Å². The first-order valence-corrected chi connectivity index (χ1v) is 7.08. The Kier molecular flexibility index (Phi) is 5.27. The molecule has 1 aromatic carbocycles. The fourth-order valence-corrected chi connectivity index (χ4v) is 2.03. The van der Waals surface area contributed by atoms with E-state index in [1.54, 1.807) is 0 Å². The van der Waals surface area contributed by atoms with Crippen LogP contribution < -0.4 is 4.74 Å². The van der Waals surface area contributed by atoms with E-state index in [0.29, 0.717) is 6.42 Å². The summed E-state index contributed by atoms with van der Waals surface area (Å²) in [6.07, 6.45) is 0.473. The Morgan fingerprint density at radius 3 is 2.20 bits per heavy atom. The highest BCUT2D eigenvalue weighted by Crippen LogP contribution is 2.29. The van der Waals surface area contributed by atoms with Gasteiger partial charge in [0.1, 0.15) is 7.77 Å². The SMILES string of the molecule is [2H]B([3H])CS(=O)CCCCOc1c(F)c(F)c(F)c(F)c1F. The van der Waals surface area contributed by atoms with Crippen LogP contribution in [0.3, 0.4) is 0 Å². The third-order valence-electron chi connectivity index (χ3n) is 2.37. The van der Waals surface area contributed by atoms with E-state index in [0.717, 1.165) is 0 Å². The molecule has 112 valence electrons. The Bertz CT molecular complexity index is 533. The van der Waals surface area contributed by atoms with Gasteiger partial charge in [0.25, 0.3) is 0 Å². The van der Waals surface area contributed by atoms with Gasteiger partial charge in [0, 0.05) is 16.6 Å². The average molecular weight is 317 g/mol. The van der Waals surface area contributed by atoms with Gasteiger partial charge in [0.2, 0.25) is 29.1 Å². The van der Waals surface area contributed by atoms with Crippen LogP contribution in [0.4, 0.5) is 22.0 Å². The van der Waals surface area contributed by atoms with Gasteiger partial charge in [-0.3, -0.25) is 4.21 Å². The van der Waals surface area contributed by atoms with Gasteiger partial charge in [-0.1, -0.05) is 0 Å². The Morgan fingerprint density at radius 1 is 1.10 bits per heavy atom. The molecule has 0 radical (unpaired) electrons. The van der Waals surface area contributed by atoms with Crippen molar-refractivity contribution < 1.29 is 30.9 Å². The molecular weight excluding hydrogens is 302 g/mol. The molecule has 0 spiro atoms. The first kappa shape index (κ1) is 13.8. The zero-order chi connectivity index (χ0) is 16.9. The predicted molar refractivity (Wildman–Crippen MR) is 67.4 cm³/mol. The van der Waals surface area contributed by atoms with E-state index in [2.05, 4.69) is 4.74 Å². The van der Waals surface area contributed by atoms with Crippen LogP contribution in [0.25, 0.3) is 0 Å². The number of ether oxygens (including phenoxy) is 1. The van der Waals surface area contributed by atoms with Crippen LogP contribution in [0.1, 0.15) is 12.8 Å². The summed E-state index contributed by atoms with van der Waals surface area (Å²) in [5.41, 5.74) is -0.113. The summed E-state index contributed by atoms with van der Waals surface area (Å²) in [6.45, 7) is -0.319. The Labute approximate surface area is 118 Å². The molecule has 0 aromatic heterocycles. The summed E-state index contributed by atoms with van der Waals surface area (Å²) in [6, 6.07) is 0. The van der Waals surface area contributed by atoms with Crippen molar-refractivity contribution in [1.82, 2.24) is 0 Å². The van der Waals surface area contributed by atoms with E-state index in [1.807, 2.05) is 0 Å². The van der Waals surface area contributed by atoms with E-state index in [9.17, 15) is 26.2 Å². The van der Waals surface area contributed by atoms with Crippen LogP contribution >= 0.6 is 0 Å². The maximum Gasteiger partial charge on any atom is 0.206 e. The highest BCUT2D eigenvalue weighted by molar-refractivity contribution is 7.86. The molecule has 1 unspecified atom stereocenters. The van der Waals surface area contributed by atoms with Crippen molar-refractivity contribution in [2.45, 2.75) is 12.8 Å². The highest BCUT2D eigenvalue weighted by atomic mass is 32.2. The quantitative estimate of drug-likeness (QED) is 0.241. The van der Waals surface area contributed by atoms with E-state index in [1.165, 1.54) is 0 Å². The number of hydrogen-bond donors (Lipinski definition) is 0. The minimum Gasteiger partial charge on any atom is -0.487 e. The summed E-state index contributed by atoms with van der Waals surface area (Å²) in [7, 11) is -2.57. The molecule has 0 saturated heterocycles. The Morgan fingerprint density at radius 2 is 1.65 bits per heavy atom. The topological polar surface area (TPSA) is 26.3 Å². The standard InChI is InChI=1S/C11H12BF5O2S/c12-5-20(18)4-2-1-3-19-11-9(16)7(14)6(13)8(15)10(11)17/h1-5,12H2/i12TD. The molecule has 1 rings (SSSR count). The first-order chi connectivity index (χ1) is 10.3. The number of hydrogen-bond acceptors (Lipinski definition) is 2. The van der Waals surface area contributed by atoms with E-state index < -0.39 is 53.4 Å². The van der Waals surface area contributed by atoms with Crippen LogP contribution in [-0.2, 0) is 10.8 Å². The Balaban J connectivity index is 2.51. The van der Waals surface area contributed by atoms with Crippen molar-refractivity contribution in [2.24, 2.45) is 0 Å². The molecule has 0 amide bonds. The second kappa shape index (κ2) is 7.61. The number of benzene rings is 1. The third kappa shape index (κ3) is 3.94. The smallest absolute Gasteiger partial charge is 0.206 e. The van der Waals surface area contributed by atoms with E-state index in [-0.39, 0.29) is 24.4 Å². The van der Waals surface area contributed by atoms with Gasteiger partial charge >= 0.3 is 0 Å². The monoisotopic (exact) mass is 317 g/mol. The molecule has 0 heterocycles. The lowest BCUT2D eigenvalue weighted by molar-refractivity contribution is 0.258. The normalized spacial score (nSPS) is 13.7. The van der Waals surface area contributed by atoms with Crippen LogP contribution in [0, 0.1) is 29.1 Å². The predicted octanol–water partition coefficient (Wildman–Crippen LogP) is 1.88. The number of rotatable bonds is 8. The minimum atomic E-state index is -2.25. The number of unbranched alkanes of at least 4 members (excludes halogenated alkanes) is 1. The third-order valence-corrected chi connectivity index (χ3v) is 3.48. The molecule has 20 heavy (non-hydrogen) atoms. The van der Waals surface area contributed by atoms with Gasteiger partial charge < -0.3 is 4.74 Å². The second-order valence-corrected chi connectivity index (χ2v) is 5.39. The molecule has 0 aliphatic heterocycles.